The lowest BCUT2D eigenvalue weighted by Crippen LogP contribution is -2.37. The Bertz CT molecular complexity index is 873. The van der Waals surface area contributed by atoms with Crippen LogP contribution >= 0.6 is 0 Å². The number of carbonyl (C=O) groups is 1. The van der Waals surface area contributed by atoms with E-state index in [1.54, 1.807) is 5.01 Å². The second-order valence-electron chi connectivity index (χ2n) is 7.44. The van der Waals surface area contributed by atoms with E-state index in [1.165, 1.54) is 11.1 Å². The molecule has 2 aliphatic rings. The summed E-state index contributed by atoms with van der Waals surface area (Å²) in [6, 6.07) is 20.7. The van der Waals surface area contributed by atoms with Crippen LogP contribution in [0, 0.1) is 5.92 Å². The molecule has 1 N–H and O–H groups in total. The molecule has 0 aromatic heterocycles. The number of amides is 1. The number of benzene rings is 2. The first-order valence-electron chi connectivity index (χ1n) is 10.2. The van der Waals surface area contributed by atoms with Crippen molar-refractivity contribution in [1.82, 2.24) is 10.3 Å². The third kappa shape index (κ3) is 3.78. The highest BCUT2D eigenvalue weighted by atomic mass is 16.2. The minimum absolute atomic E-state index is 0.0122. The van der Waals surface area contributed by atoms with Gasteiger partial charge in [-0.25, -0.2) is 5.01 Å². The summed E-state index contributed by atoms with van der Waals surface area (Å²) >= 11 is 0. The van der Waals surface area contributed by atoms with Gasteiger partial charge in [0.05, 0.1) is 18.3 Å². The molecule has 0 saturated heterocycles. The van der Waals surface area contributed by atoms with E-state index in [2.05, 4.69) is 47.8 Å². The Balaban J connectivity index is 1.71. The van der Waals surface area contributed by atoms with Gasteiger partial charge in [0, 0.05) is 5.92 Å². The zero-order valence-electron chi connectivity index (χ0n) is 16.3. The number of fused-ring (bicyclic) bond motifs is 1. The maximum Gasteiger partial charge on any atom is 0.257 e. The fourth-order valence-electron chi connectivity index (χ4n) is 4.25. The Morgan fingerprint density at radius 1 is 1.14 bits per heavy atom. The van der Waals surface area contributed by atoms with E-state index in [0.717, 1.165) is 37.1 Å². The minimum Gasteiger partial charge on any atom is -0.309 e. The highest BCUT2D eigenvalue weighted by Crippen LogP contribution is 2.44. The predicted molar refractivity (Wildman–Crippen MR) is 114 cm³/mol. The Hall–Kier alpha value is -2.72. The van der Waals surface area contributed by atoms with E-state index in [1.807, 2.05) is 31.2 Å². The number of hydrogen-bond acceptors (Lipinski definition) is 3. The summed E-state index contributed by atoms with van der Waals surface area (Å²) in [6.45, 7) is 3.11. The number of hydrogen-bond donors (Lipinski definition) is 1. The van der Waals surface area contributed by atoms with Crippen LogP contribution in [0.15, 0.2) is 71.3 Å². The van der Waals surface area contributed by atoms with Gasteiger partial charge in [-0.3, -0.25) is 4.79 Å². The number of nitrogens with one attached hydrogen (secondary N) is 1. The lowest BCUT2D eigenvalue weighted by molar-refractivity contribution is -0.132. The molecular formula is C24H27N3O. The van der Waals surface area contributed by atoms with Gasteiger partial charge in [0.2, 0.25) is 0 Å². The molecule has 2 atom stereocenters. The van der Waals surface area contributed by atoms with Crippen LogP contribution in [0.5, 0.6) is 0 Å². The van der Waals surface area contributed by atoms with Crippen LogP contribution in [-0.2, 0) is 4.79 Å². The van der Waals surface area contributed by atoms with Crippen LogP contribution in [0.1, 0.15) is 43.4 Å². The maximum atomic E-state index is 12.9. The molecule has 0 unspecified atom stereocenters. The molecule has 0 radical (unpaired) electrons. The molecule has 1 fully saturated rings. The second kappa shape index (κ2) is 8.53. The molecule has 1 aliphatic heterocycles. The minimum atomic E-state index is -0.0122. The van der Waals surface area contributed by atoms with Crippen molar-refractivity contribution in [3.63, 3.8) is 0 Å². The highest BCUT2D eigenvalue weighted by molar-refractivity contribution is 6.08. The molecule has 2 aromatic carbocycles. The summed E-state index contributed by atoms with van der Waals surface area (Å²) in [5, 5.41) is 9.78. The number of nitrogens with zero attached hydrogens (tertiary/aromatic N) is 2. The molecule has 4 rings (SSSR count). The molecule has 1 saturated carbocycles. The normalized spacial score (nSPS) is 22.8. The van der Waals surface area contributed by atoms with Gasteiger partial charge in [0.1, 0.15) is 0 Å². The van der Waals surface area contributed by atoms with Crippen LogP contribution < -0.4 is 5.32 Å². The quantitative estimate of drug-likeness (QED) is 0.843. The van der Waals surface area contributed by atoms with Gasteiger partial charge in [0.15, 0.2) is 0 Å². The van der Waals surface area contributed by atoms with Crippen molar-refractivity contribution >= 4 is 17.7 Å². The van der Waals surface area contributed by atoms with Crippen molar-refractivity contribution in [2.75, 3.05) is 13.1 Å². The average molecular weight is 374 g/mol. The molecule has 4 nitrogen and oxygen atoms in total. The molecule has 1 aliphatic carbocycles. The predicted octanol–water partition coefficient (Wildman–Crippen LogP) is 4.42. The van der Waals surface area contributed by atoms with E-state index in [0.29, 0.717) is 6.54 Å². The highest BCUT2D eigenvalue weighted by Gasteiger charge is 2.43. The van der Waals surface area contributed by atoms with Gasteiger partial charge in [-0.2, -0.15) is 5.10 Å². The molecule has 2 aromatic rings. The molecule has 4 heteroatoms. The average Bonchev–Trinajstić information content (AvgIpc) is 3.14. The zero-order chi connectivity index (χ0) is 19.3. The van der Waals surface area contributed by atoms with Gasteiger partial charge in [0.25, 0.3) is 5.91 Å². The van der Waals surface area contributed by atoms with Crippen LogP contribution in [0.2, 0.25) is 0 Å². The van der Waals surface area contributed by atoms with Crippen LogP contribution in [0.3, 0.4) is 0 Å². The Morgan fingerprint density at radius 3 is 2.57 bits per heavy atom. The first-order valence-corrected chi connectivity index (χ1v) is 10.2. The lowest BCUT2D eigenvalue weighted by atomic mass is 9.77. The zero-order valence-corrected chi connectivity index (χ0v) is 16.3. The first kappa shape index (κ1) is 18.6. The fraction of sp³-hybridized carbons (Fsp3) is 0.333. The number of hydrazone groups is 1. The van der Waals surface area contributed by atoms with E-state index in [-0.39, 0.29) is 17.9 Å². The van der Waals surface area contributed by atoms with Crippen molar-refractivity contribution in [2.24, 2.45) is 11.0 Å². The largest absolute Gasteiger partial charge is 0.309 e. The number of likely N-dealkylation sites (N-methyl/N-ethyl adjacent to an activating group) is 1. The van der Waals surface area contributed by atoms with Crippen LogP contribution in [0.25, 0.3) is 6.08 Å². The van der Waals surface area contributed by atoms with Crippen molar-refractivity contribution < 1.29 is 4.79 Å². The van der Waals surface area contributed by atoms with Gasteiger partial charge in [-0.05, 0) is 48.6 Å². The summed E-state index contributed by atoms with van der Waals surface area (Å²) in [4.78, 5) is 12.9. The SMILES string of the molecule is CCNCC(=O)N1N=C2/C(=C/c3ccccc3)CCC[C@H]2[C@@H]1c1ccccc1. The molecule has 1 heterocycles. The van der Waals surface area contributed by atoms with Gasteiger partial charge in [-0.15, -0.1) is 0 Å². The number of rotatable bonds is 5. The lowest BCUT2D eigenvalue weighted by Gasteiger charge is -2.29. The fourth-order valence-corrected chi connectivity index (χ4v) is 4.25. The Morgan fingerprint density at radius 2 is 1.86 bits per heavy atom. The van der Waals surface area contributed by atoms with Gasteiger partial charge in [-0.1, -0.05) is 67.6 Å². The summed E-state index contributed by atoms with van der Waals surface area (Å²) in [6.07, 6.45) is 5.45. The molecular weight excluding hydrogens is 346 g/mol. The summed E-state index contributed by atoms with van der Waals surface area (Å²) in [5.41, 5.74) is 4.71. The van der Waals surface area contributed by atoms with E-state index in [9.17, 15) is 4.79 Å². The Kier molecular flexibility index (Phi) is 5.68. The topological polar surface area (TPSA) is 44.7 Å². The molecule has 0 spiro atoms. The Labute approximate surface area is 167 Å². The molecule has 28 heavy (non-hydrogen) atoms. The van der Waals surface area contributed by atoms with Crippen molar-refractivity contribution in [1.29, 1.82) is 0 Å². The van der Waals surface area contributed by atoms with E-state index < -0.39 is 0 Å². The molecule has 1 amide bonds. The summed E-state index contributed by atoms with van der Waals surface area (Å²) in [5.74, 6) is 0.299. The molecule has 0 bridgehead atoms. The second-order valence-corrected chi connectivity index (χ2v) is 7.44. The number of carbonyl (C=O) groups excluding carboxylic acids is 1. The summed E-state index contributed by atoms with van der Waals surface area (Å²) in [7, 11) is 0. The number of allylic oxidation sites excluding steroid dienone is 1. The van der Waals surface area contributed by atoms with Crippen molar-refractivity contribution in [3.05, 3.63) is 77.4 Å². The van der Waals surface area contributed by atoms with Gasteiger partial charge < -0.3 is 5.32 Å². The van der Waals surface area contributed by atoms with Crippen LogP contribution in [-0.4, -0.2) is 29.7 Å². The van der Waals surface area contributed by atoms with E-state index in [4.69, 9.17) is 5.10 Å². The third-order valence-electron chi connectivity index (χ3n) is 5.56. The monoisotopic (exact) mass is 373 g/mol. The maximum absolute atomic E-state index is 12.9. The van der Waals surface area contributed by atoms with E-state index >= 15 is 0 Å². The standard InChI is InChI=1S/C24H27N3O/c1-2-25-17-22(28)27-24(19-12-7-4-8-13-19)21-15-9-14-20(23(21)26-27)16-18-10-5-3-6-11-18/h3-8,10-13,16,21,24-25H,2,9,14-15,17H2,1H3/b20-16+/t21-,24+/m1/s1. The van der Waals surface area contributed by atoms with Crippen LogP contribution in [0.4, 0.5) is 0 Å². The summed E-state index contributed by atoms with van der Waals surface area (Å²) < 4.78 is 0. The van der Waals surface area contributed by atoms with Crippen molar-refractivity contribution in [2.45, 2.75) is 32.2 Å². The van der Waals surface area contributed by atoms with Gasteiger partial charge >= 0.3 is 0 Å². The molecule has 144 valence electrons. The first-order chi connectivity index (χ1) is 13.8. The van der Waals surface area contributed by atoms with Crippen molar-refractivity contribution in [3.8, 4) is 0 Å². The third-order valence-corrected chi connectivity index (χ3v) is 5.56. The smallest absolute Gasteiger partial charge is 0.257 e.